The van der Waals surface area contributed by atoms with Crippen LogP contribution < -0.4 is 10.6 Å². The fourth-order valence-electron chi connectivity index (χ4n) is 2.00. The van der Waals surface area contributed by atoms with E-state index in [9.17, 15) is 0 Å². The maximum atomic E-state index is 4.40. The smallest absolute Gasteiger partial charge is 0.191 e. The van der Waals surface area contributed by atoms with Gasteiger partial charge in [-0.05, 0) is 38.0 Å². The summed E-state index contributed by atoms with van der Waals surface area (Å²) in [5.74, 6) is 0.834. The summed E-state index contributed by atoms with van der Waals surface area (Å²) in [6.07, 6.45) is 4.88. The predicted molar refractivity (Wildman–Crippen MR) is 102 cm³/mol. The van der Waals surface area contributed by atoms with Gasteiger partial charge < -0.3 is 10.6 Å². The molecule has 2 aromatic rings. The first-order chi connectivity index (χ1) is 10.2. The van der Waals surface area contributed by atoms with E-state index in [4.69, 9.17) is 0 Å². The maximum absolute atomic E-state index is 4.40. The van der Waals surface area contributed by atoms with Crippen LogP contribution in [0.1, 0.15) is 19.4 Å². The Labute approximate surface area is 149 Å². The molecule has 0 radical (unpaired) electrons. The van der Waals surface area contributed by atoms with E-state index in [1.165, 1.54) is 5.56 Å². The molecular formula is C16H24IN5. The van der Waals surface area contributed by atoms with E-state index in [1.807, 2.05) is 41.2 Å². The Bertz CT molecular complexity index is 577. The number of nitrogens with one attached hydrogen (secondary N) is 2. The van der Waals surface area contributed by atoms with Gasteiger partial charge in [-0.3, -0.25) is 4.99 Å². The Kier molecular flexibility index (Phi) is 7.94. The molecule has 0 fully saturated rings. The number of aromatic nitrogens is 2. The molecule has 22 heavy (non-hydrogen) atoms. The normalized spacial score (nSPS) is 11.2. The van der Waals surface area contributed by atoms with Crippen LogP contribution in [0.15, 0.2) is 47.7 Å². The van der Waals surface area contributed by atoms with E-state index in [0.29, 0.717) is 6.04 Å². The number of benzene rings is 1. The number of hydrogen-bond acceptors (Lipinski definition) is 2. The molecule has 1 aromatic heterocycles. The second-order valence-electron chi connectivity index (χ2n) is 5.18. The SMILES string of the molecule is CN=C(NCCc1cnn(-c2ccccc2)c1)NC(C)C.I. The second-order valence-corrected chi connectivity index (χ2v) is 5.18. The van der Waals surface area contributed by atoms with Gasteiger partial charge >= 0.3 is 0 Å². The fraction of sp³-hybridized carbons (Fsp3) is 0.375. The molecule has 0 spiro atoms. The van der Waals surface area contributed by atoms with Crippen LogP contribution in [-0.4, -0.2) is 35.4 Å². The Morgan fingerprint density at radius 2 is 2.00 bits per heavy atom. The number of guanidine groups is 1. The van der Waals surface area contributed by atoms with Crippen molar-refractivity contribution in [2.24, 2.45) is 4.99 Å². The molecule has 0 aliphatic carbocycles. The lowest BCUT2D eigenvalue weighted by Crippen LogP contribution is -2.41. The molecule has 120 valence electrons. The van der Waals surface area contributed by atoms with Crippen molar-refractivity contribution in [2.45, 2.75) is 26.3 Å². The van der Waals surface area contributed by atoms with Gasteiger partial charge in [0.15, 0.2) is 5.96 Å². The number of aliphatic imine (C=N–C) groups is 1. The van der Waals surface area contributed by atoms with Crippen molar-refractivity contribution in [1.29, 1.82) is 0 Å². The van der Waals surface area contributed by atoms with Crippen LogP contribution in [0.2, 0.25) is 0 Å². The van der Waals surface area contributed by atoms with Crippen LogP contribution >= 0.6 is 24.0 Å². The molecule has 0 bridgehead atoms. The lowest BCUT2D eigenvalue weighted by molar-refractivity contribution is 0.698. The zero-order valence-corrected chi connectivity index (χ0v) is 15.6. The molecular weight excluding hydrogens is 389 g/mol. The molecule has 0 aliphatic rings. The van der Waals surface area contributed by atoms with Gasteiger partial charge in [0.25, 0.3) is 0 Å². The summed E-state index contributed by atoms with van der Waals surface area (Å²) in [7, 11) is 1.78. The van der Waals surface area contributed by atoms with Crippen LogP contribution in [0.25, 0.3) is 5.69 Å². The van der Waals surface area contributed by atoms with Gasteiger partial charge in [-0.1, -0.05) is 18.2 Å². The van der Waals surface area contributed by atoms with E-state index in [1.54, 1.807) is 7.05 Å². The fourth-order valence-corrected chi connectivity index (χ4v) is 2.00. The van der Waals surface area contributed by atoms with Crippen LogP contribution in [-0.2, 0) is 6.42 Å². The number of para-hydroxylation sites is 1. The Morgan fingerprint density at radius 3 is 2.64 bits per heavy atom. The van der Waals surface area contributed by atoms with Crippen LogP contribution in [0.5, 0.6) is 0 Å². The highest BCUT2D eigenvalue weighted by molar-refractivity contribution is 14.0. The number of hydrogen-bond donors (Lipinski definition) is 2. The zero-order valence-electron chi connectivity index (χ0n) is 13.3. The average molecular weight is 413 g/mol. The Hall–Kier alpha value is -1.57. The third kappa shape index (κ3) is 5.67. The highest BCUT2D eigenvalue weighted by Gasteiger charge is 2.02. The molecule has 0 saturated heterocycles. The van der Waals surface area contributed by atoms with E-state index >= 15 is 0 Å². The first-order valence-electron chi connectivity index (χ1n) is 7.25. The van der Waals surface area contributed by atoms with Gasteiger partial charge in [0.2, 0.25) is 0 Å². The van der Waals surface area contributed by atoms with Gasteiger partial charge in [-0.2, -0.15) is 5.10 Å². The molecule has 0 aliphatic heterocycles. The average Bonchev–Trinajstić information content (AvgIpc) is 2.95. The quantitative estimate of drug-likeness (QED) is 0.450. The molecule has 0 amide bonds. The van der Waals surface area contributed by atoms with Gasteiger partial charge in [0, 0.05) is 25.8 Å². The first kappa shape index (κ1) is 18.5. The standard InChI is InChI=1S/C16H23N5.HI/c1-13(2)20-16(17-3)18-10-9-14-11-19-21(12-14)15-7-5-4-6-8-15;/h4-8,11-13H,9-10H2,1-3H3,(H2,17,18,20);1H. The van der Waals surface area contributed by atoms with Crippen LogP contribution in [0.4, 0.5) is 0 Å². The number of halogens is 1. The second kappa shape index (κ2) is 9.45. The molecule has 2 rings (SSSR count). The minimum absolute atomic E-state index is 0. The van der Waals surface area contributed by atoms with Crippen molar-refractivity contribution in [3.05, 3.63) is 48.3 Å². The van der Waals surface area contributed by atoms with Crippen molar-refractivity contribution >= 4 is 29.9 Å². The van der Waals surface area contributed by atoms with Crippen molar-refractivity contribution in [2.75, 3.05) is 13.6 Å². The van der Waals surface area contributed by atoms with Crippen molar-refractivity contribution in [1.82, 2.24) is 20.4 Å². The lowest BCUT2D eigenvalue weighted by atomic mass is 10.2. The van der Waals surface area contributed by atoms with Crippen LogP contribution in [0.3, 0.4) is 0 Å². The summed E-state index contributed by atoms with van der Waals surface area (Å²) >= 11 is 0. The van der Waals surface area contributed by atoms with E-state index in [-0.39, 0.29) is 24.0 Å². The molecule has 0 atom stereocenters. The minimum Gasteiger partial charge on any atom is -0.356 e. The monoisotopic (exact) mass is 413 g/mol. The van der Waals surface area contributed by atoms with Crippen LogP contribution in [0, 0.1) is 0 Å². The lowest BCUT2D eigenvalue weighted by Gasteiger charge is -2.13. The molecule has 1 heterocycles. The summed E-state index contributed by atoms with van der Waals surface area (Å²) in [4.78, 5) is 4.19. The highest BCUT2D eigenvalue weighted by Crippen LogP contribution is 2.07. The summed E-state index contributed by atoms with van der Waals surface area (Å²) < 4.78 is 1.90. The topological polar surface area (TPSA) is 54.2 Å². The van der Waals surface area contributed by atoms with Gasteiger partial charge in [-0.15, -0.1) is 24.0 Å². The van der Waals surface area contributed by atoms with E-state index in [2.05, 4.69) is 40.8 Å². The Morgan fingerprint density at radius 1 is 1.27 bits per heavy atom. The third-order valence-electron chi connectivity index (χ3n) is 3.01. The van der Waals surface area contributed by atoms with Gasteiger partial charge in [0.1, 0.15) is 0 Å². The van der Waals surface area contributed by atoms with Gasteiger partial charge in [0.05, 0.1) is 11.9 Å². The third-order valence-corrected chi connectivity index (χ3v) is 3.01. The predicted octanol–water partition coefficient (Wildman–Crippen LogP) is 2.61. The molecule has 0 saturated carbocycles. The van der Waals surface area contributed by atoms with Gasteiger partial charge in [-0.25, -0.2) is 4.68 Å². The van der Waals surface area contributed by atoms with E-state index < -0.39 is 0 Å². The maximum Gasteiger partial charge on any atom is 0.191 e. The largest absolute Gasteiger partial charge is 0.356 e. The zero-order chi connectivity index (χ0) is 15.1. The number of rotatable bonds is 5. The first-order valence-corrected chi connectivity index (χ1v) is 7.25. The summed E-state index contributed by atoms with van der Waals surface area (Å²) in [6, 6.07) is 10.5. The summed E-state index contributed by atoms with van der Waals surface area (Å²) in [5.41, 5.74) is 2.28. The summed E-state index contributed by atoms with van der Waals surface area (Å²) in [6.45, 7) is 5.01. The van der Waals surface area contributed by atoms with Crippen molar-refractivity contribution in [3.63, 3.8) is 0 Å². The van der Waals surface area contributed by atoms with E-state index in [0.717, 1.165) is 24.6 Å². The summed E-state index contributed by atoms with van der Waals surface area (Å²) in [5, 5.41) is 11.0. The molecule has 2 N–H and O–H groups in total. The number of nitrogens with zero attached hydrogens (tertiary/aromatic N) is 3. The van der Waals surface area contributed by atoms with Crippen molar-refractivity contribution in [3.8, 4) is 5.69 Å². The van der Waals surface area contributed by atoms with Crippen molar-refractivity contribution < 1.29 is 0 Å². The Balaban J connectivity index is 0.00000242. The minimum atomic E-state index is 0. The molecule has 0 unspecified atom stereocenters. The molecule has 6 heteroatoms. The highest BCUT2D eigenvalue weighted by atomic mass is 127. The molecule has 1 aromatic carbocycles. The molecule has 5 nitrogen and oxygen atoms in total.